The topological polar surface area (TPSA) is 50.5 Å². The van der Waals surface area contributed by atoms with Crippen LogP contribution in [0.25, 0.3) is 0 Å². The number of benzene rings is 1. The van der Waals surface area contributed by atoms with Gasteiger partial charge in [-0.25, -0.2) is 4.39 Å². The van der Waals surface area contributed by atoms with E-state index in [2.05, 4.69) is 23.1 Å². The van der Waals surface area contributed by atoms with Crippen molar-refractivity contribution in [3.63, 3.8) is 0 Å². The zero-order valence-corrected chi connectivity index (χ0v) is 14.0. The molecule has 1 aliphatic heterocycles. The SMILES string of the molecule is CCCn1cc(CN2CCC(O)(COc3cccc(F)c3)C2)cn1. The van der Waals surface area contributed by atoms with E-state index in [0.717, 1.165) is 31.6 Å². The molecule has 1 aromatic heterocycles. The molecular formula is C18H24FN3O2. The van der Waals surface area contributed by atoms with E-state index in [1.807, 2.05) is 10.9 Å². The summed E-state index contributed by atoms with van der Waals surface area (Å²) in [4.78, 5) is 2.20. The summed E-state index contributed by atoms with van der Waals surface area (Å²) < 4.78 is 20.7. The van der Waals surface area contributed by atoms with Crippen molar-refractivity contribution in [2.75, 3.05) is 19.7 Å². The number of hydrogen-bond acceptors (Lipinski definition) is 4. The van der Waals surface area contributed by atoms with E-state index in [-0.39, 0.29) is 12.4 Å². The molecule has 2 aromatic rings. The molecule has 0 amide bonds. The van der Waals surface area contributed by atoms with Crippen molar-refractivity contribution < 1.29 is 14.2 Å². The first-order valence-electron chi connectivity index (χ1n) is 8.41. The fourth-order valence-electron chi connectivity index (χ4n) is 3.07. The second-order valence-corrected chi connectivity index (χ2v) is 6.54. The zero-order valence-electron chi connectivity index (χ0n) is 14.0. The Morgan fingerprint density at radius 2 is 2.29 bits per heavy atom. The highest BCUT2D eigenvalue weighted by molar-refractivity contribution is 5.22. The van der Waals surface area contributed by atoms with E-state index in [0.29, 0.717) is 18.7 Å². The molecule has 5 nitrogen and oxygen atoms in total. The van der Waals surface area contributed by atoms with Crippen LogP contribution in [0.4, 0.5) is 4.39 Å². The minimum atomic E-state index is -0.897. The van der Waals surface area contributed by atoms with E-state index < -0.39 is 5.60 Å². The van der Waals surface area contributed by atoms with Crippen molar-refractivity contribution in [3.05, 3.63) is 48.0 Å². The molecule has 6 heteroatoms. The van der Waals surface area contributed by atoms with Crippen LogP contribution in [0.2, 0.25) is 0 Å². The molecule has 3 rings (SSSR count). The van der Waals surface area contributed by atoms with Crippen molar-refractivity contribution in [1.82, 2.24) is 14.7 Å². The number of rotatable bonds is 7. The molecule has 1 N–H and O–H groups in total. The maximum absolute atomic E-state index is 13.2. The standard InChI is InChI=1S/C18H24FN3O2/c1-2-7-22-12-15(10-20-22)11-21-8-6-18(23,13-21)14-24-17-5-3-4-16(19)9-17/h3-5,9-10,12,23H,2,6-8,11,13-14H2,1H3. The zero-order chi connectivity index (χ0) is 17.0. The average molecular weight is 333 g/mol. The largest absolute Gasteiger partial charge is 0.490 e. The van der Waals surface area contributed by atoms with Gasteiger partial charge in [0.15, 0.2) is 0 Å². The van der Waals surface area contributed by atoms with Crippen LogP contribution in [-0.2, 0) is 13.1 Å². The van der Waals surface area contributed by atoms with Gasteiger partial charge < -0.3 is 9.84 Å². The molecule has 24 heavy (non-hydrogen) atoms. The van der Waals surface area contributed by atoms with Gasteiger partial charge in [0.25, 0.3) is 0 Å². The number of aromatic nitrogens is 2. The van der Waals surface area contributed by atoms with Crippen LogP contribution < -0.4 is 4.74 Å². The second kappa shape index (κ2) is 7.32. The van der Waals surface area contributed by atoms with Crippen molar-refractivity contribution in [3.8, 4) is 5.75 Å². The van der Waals surface area contributed by atoms with Gasteiger partial charge in [-0.05, 0) is 25.0 Å². The summed E-state index contributed by atoms with van der Waals surface area (Å²) >= 11 is 0. The lowest BCUT2D eigenvalue weighted by Crippen LogP contribution is -2.39. The van der Waals surface area contributed by atoms with Gasteiger partial charge >= 0.3 is 0 Å². The molecular weight excluding hydrogens is 309 g/mol. The lowest BCUT2D eigenvalue weighted by atomic mass is 10.1. The molecule has 130 valence electrons. The molecule has 1 atom stereocenters. The van der Waals surface area contributed by atoms with Crippen molar-refractivity contribution in [2.24, 2.45) is 0 Å². The normalized spacial score (nSPS) is 21.3. The van der Waals surface area contributed by atoms with Gasteiger partial charge in [0, 0.05) is 44.0 Å². The van der Waals surface area contributed by atoms with E-state index in [1.54, 1.807) is 12.1 Å². The Hall–Kier alpha value is -1.92. The summed E-state index contributed by atoms with van der Waals surface area (Å²) in [6.45, 7) is 5.34. The van der Waals surface area contributed by atoms with Gasteiger partial charge in [-0.3, -0.25) is 9.58 Å². The first-order chi connectivity index (χ1) is 11.6. The van der Waals surface area contributed by atoms with Gasteiger partial charge in [-0.1, -0.05) is 13.0 Å². The van der Waals surface area contributed by atoms with Gasteiger partial charge in [0.05, 0.1) is 6.20 Å². The highest BCUT2D eigenvalue weighted by atomic mass is 19.1. The molecule has 1 saturated heterocycles. The summed E-state index contributed by atoms with van der Waals surface area (Å²) in [7, 11) is 0. The van der Waals surface area contributed by atoms with Gasteiger partial charge in [-0.2, -0.15) is 5.10 Å². The minimum Gasteiger partial charge on any atom is -0.490 e. The minimum absolute atomic E-state index is 0.169. The van der Waals surface area contributed by atoms with Crippen molar-refractivity contribution in [2.45, 2.75) is 38.5 Å². The van der Waals surface area contributed by atoms with E-state index in [1.165, 1.54) is 12.1 Å². The second-order valence-electron chi connectivity index (χ2n) is 6.54. The van der Waals surface area contributed by atoms with Crippen LogP contribution in [0.3, 0.4) is 0 Å². The fraction of sp³-hybridized carbons (Fsp3) is 0.500. The smallest absolute Gasteiger partial charge is 0.126 e. The van der Waals surface area contributed by atoms with Gasteiger partial charge in [0.1, 0.15) is 23.8 Å². The Kier molecular flexibility index (Phi) is 5.16. The van der Waals surface area contributed by atoms with Crippen LogP contribution in [0.5, 0.6) is 5.75 Å². The highest BCUT2D eigenvalue weighted by Gasteiger charge is 2.36. The number of halogens is 1. The van der Waals surface area contributed by atoms with Crippen LogP contribution in [0, 0.1) is 5.82 Å². The fourth-order valence-corrected chi connectivity index (χ4v) is 3.07. The lowest BCUT2D eigenvalue weighted by Gasteiger charge is -2.23. The third-order valence-corrected chi connectivity index (χ3v) is 4.26. The Morgan fingerprint density at radius 3 is 3.08 bits per heavy atom. The number of likely N-dealkylation sites (tertiary alicyclic amines) is 1. The predicted octanol–water partition coefficient (Wildman–Crippen LogP) is 2.45. The van der Waals surface area contributed by atoms with Crippen molar-refractivity contribution >= 4 is 0 Å². The van der Waals surface area contributed by atoms with Crippen molar-refractivity contribution in [1.29, 1.82) is 0 Å². The summed E-state index contributed by atoms with van der Waals surface area (Å²) in [6.07, 6.45) is 5.65. The Labute approximate surface area is 141 Å². The molecule has 1 unspecified atom stereocenters. The first kappa shape index (κ1) is 16.9. The Bertz CT molecular complexity index is 676. The number of β-amino-alcohol motifs (C(OH)–C–C–N with tert-alkyl or cyclic N) is 1. The average Bonchev–Trinajstić information content (AvgIpc) is 3.14. The Morgan fingerprint density at radius 1 is 1.42 bits per heavy atom. The molecule has 0 saturated carbocycles. The third-order valence-electron chi connectivity index (χ3n) is 4.26. The van der Waals surface area contributed by atoms with E-state index in [9.17, 15) is 9.50 Å². The molecule has 0 aliphatic carbocycles. The van der Waals surface area contributed by atoms with Crippen LogP contribution in [0.1, 0.15) is 25.3 Å². The number of ether oxygens (including phenoxy) is 1. The van der Waals surface area contributed by atoms with Crippen LogP contribution in [-0.4, -0.2) is 45.1 Å². The molecule has 1 aliphatic rings. The summed E-state index contributed by atoms with van der Waals surface area (Å²) in [5.41, 5.74) is 0.255. The first-order valence-corrected chi connectivity index (χ1v) is 8.41. The maximum atomic E-state index is 13.2. The lowest BCUT2D eigenvalue weighted by molar-refractivity contribution is 0.00329. The summed E-state index contributed by atoms with van der Waals surface area (Å²) in [6, 6.07) is 6.00. The number of aliphatic hydroxyl groups is 1. The van der Waals surface area contributed by atoms with Crippen LogP contribution >= 0.6 is 0 Å². The summed E-state index contributed by atoms with van der Waals surface area (Å²) in [5, 5.41) is 15.0. The molecule has 0 bridgehead atoms. The molecule has 0 spiro atoms. The maximum Gasteiger partial charge on any atom is 0.126 e. The molecule has 1 aromatic carbocycles. The third kappa shape index (κ3) is 4.33. The van der Waals surface area contributed by atoms with Gasteiger partial charge in [-0.15, -0.1) is 0 Å². The number of hydrogen-bond donors (Lipinski definition) is 1. The van der Waals surface area contributed by atoms with E-state index >= 15 is 0 Å². The molecule has 0 radical (unpaired) electrons. The monoisotopic (exact) mass is 333 g/mol. The quantitative estimate of drug-likeness (QED) is 0.846. The highest BCUT2D eigenvalue weighted by Crippen LogP contribution is 2.24. The summed E-state index contributed by atoms with van der Waals surface area (Å²) in [5.74, 6) is 0.111. The number of aryl methyl sites for hydroxylation is 1. The number of nitrogens with zero attached hydrogens (tertiary/aromatic N) is 3. The Balaban J connectivity index is 1.51. The van der Waals surface area contributed by atoms with E-state index in [4.69, 9.17) is 4.74 Å². The van der Waals surface area contributed by atoms with Gasteiger partial charge in [0.2, 0.25) is 0 Å². The molecule has 1 fully saturated rings. The molecule has 2 heterocycles. The van der Waals surface area contributed by atoms with Crippen LogP contribution in [0.15, 0.2) is 36.7 Å². The predicted molar refractivity (Wildman–Crippen MR) is 89.3 cm³/mol.